The van der Waals surface area contributed by atoms with Gasteiger partial charge in [0.15, 0.2) is 0 Å². The van der Waals surface area contributed by atoms with Gasteiger partial charge in [-0.2, -0.15) is 0 Å². The van der Waals surface area contributed by atoms with Crippen molar-refractivity contribution in [1.82, 2.24) is 0 Å². The van der Waals surface area contributed by atoms with Gasteiger partial charge in [-0.05, 0) is 17.2 Å². The zero-order valence-corrected chi connectivity index (χ0v) is 11.8. The van der Waals surface area contributed by atoms with E-state index < -0.39 is 0 Å². The van der Waals surface area contributed by atoms with Gasteiger partial charge in [0, 0.05) is 11.6 Å². The Balaban J connectivity index is 2.25. The van der Waals surface area contributed by atoms with Gasteiger partial charge in [0.1, 0.15) is 6.10 Å². The second-order valence-electron chi connectivity index (χ2n) is 3.95. The standard InChI is InChI=1S/C16H15BrO/c1-18-16(14-10-6-3-7-11-14)12-15(17)13-8-4-2-5-9-13/h2-12,16H,1H3/b15-12-. The molecule has 0 bridgehead atoms. The first-order valence-electron chi connectivity index (χ1n) is 5.81. The minimum absolute atomic E-state index is 0.0409. The van der Waals surface area contributed by atoms with Crippen molar-refractivity contribution in [3.05, 3.63) is 77.9 Å². The Kier molecular flexibility index (Phi) is 4.73. The molecule has 0 aromatic heterocycles. The van der Waals surface area contributed by atoms with E-state index in [0.29, 0.717) is 0 Å². The van der Waals surface area contributed by atoms with Crippen molar-refractivity contribution in [3.8, 4) is 0 Å². The Morgan fingerprint density at radius 2 is 1.56 bits per heavy atom. The lowest BCUT2D eigenvalue weighted by Gasteiger charge is -2.12. The Hall–Kier alpha value is -1.38. The van der Waals surface area contributed by atoms with E-state index in [0.717, 1.165) is 15.6 Å². The van der Waals surface area contributed by atoms with Crippen LogP contribution in [0.1, 0.15) is 17.2 Å². The summed E-state index contributed by atoms with van der Waals surface area (Å²) in [6.07, 6.45) is 2.03. The van der Waals surface area contributed by atoms with Gasteiger partial charge in [-0.1, -0.05) is 76.6 Å². The molecule has 0 heterocycles. The summed E-state index contributed by atoms with van der Waals surface area (Å²) in [5.41, 5.74) is 2.29. The summed E-state index contributed by atoms with van der Waals surface area (Å²) in [6, 6.07) is 20.4. The molecule has 1 unspecified atom stereocenters. The van der Waals surface area contributed by atoms with Gasteiger partial charge < -0.3 is 4.74 Å². The quantitative estimate of drug-likeness (QED) is 0.787. The monoisotopic (exact) mass is 302 g/mol. The van der Waals surface area contributed by atoms with Crippen molar-refractivity contribution >= 4 is 20.4 Å². The molecule has 0 fully saturated rings. The molecule has 0 aliphatic carbocycles. The number of rotatable bonds is 4. The highest BCUT2D eigenvalue weighted by atomic mass is 79.9. The summed E-state index contributed by atoms with van der Waals surface area (Å²) in [4.78, 5) is 0. The van der Waals surface area contributed by atoms with E-state index in [1.807, 2.05) is 36.4 Å². The van der Waals surface area contributed by atoms with Gasteiger partial charge in [0.2, 0.25) is 0 Å². The van der Waals surface area contributed by atoms with E-state index in [2.05, 4.69) is 46.3 Å². The molecular formula is C16H15BrO. The van der Waals surface area contributed by atoms with Crippen LogP contribution in [0.25, 0.3) is 4.48 Å². The van der Waals surface area contributed by atoms with E-state index in [9.17, 15) is 0 Å². The van der Waals surface area contributed by atoms with Crippen LogP contribution in [0.3, 0.4) is 0 Å². The zero-order valence-electron chi connectivity index (χ0n) is 10.2. The first kappa shape index (κ1) is 13.1. The van der Waals surface area contributed by atoms with Gasteiger partial charge in [-0.3, -0.25) is 0 Å². The van der Waals surface area contributed by atoms with Gasteiger partial charge in [0.25, 0.3) is 0 Å². The van der Waals surface area contributed by atoms with Crippen LogP contribution in [0.5, 0.6) is 0 Å². The molecule has 0 spiro atoms. The van der Waals surface area contributed by atoms with Crippen molar-refractivity contribution in [1.29, 1.82) is 0 Å². The van der Waals surface area contributed by atoms with E-state index in [-0.39, 0.29) is 6.10 Å². The van der Waals surface area contributed by atoms with Crippen LogP contribution in [0, 0.1) is 0 Å². The van der Waals surface area contributed by atoms with E-state index >= 15 is 0 Å². The van der Waals surface area contributed by atoms with E-state index in [1.54, 1.807) is 7.11 Å². The molecule has 0 amide bonds. The Labute approximate surface area is 116 Å². The van der Waals surface area contributed by atoms with Crippen molar-refractivity contribution in [2.24, 2.45) is 0 Å². The molecule has 92 valence electrons. The summed E-state index contributed by atoms with van der Waals surface area (Å²) in [5, 5.41) is 0. The SMILES string of the molecule is COC(/C=C(\Br)c1ccccc1)c1ccccc1. The molecule has 0 saturated heterocycles. The number of hydrogen-bond donors (Lipinski definition) is 0. The van der Waals surface area contributed by atoms with Crippen molar-refractivity contribution in [3.63, 3.8) is 0 Å². The second kappa shape index (κ2) is 6.53. The first-order valence-corrected chi connectivity index (χ1v) is 6.61. The molecule has 0 aliphatic rings. The highest BCUT2D eigenvalue weighted by Gasteiger charge is 2.08. The molecule has 0 radical (unpaired) electrons. The predicted octanol–water partition coefficient (Wildman–Crippen LogP) is 4.81. The topological polar surface area (TPSA) is 9.23 Å². The average Bonchev–Trinajstić information content (AvgIpc) is 2.46. The van der Waals surface area contributed by atoms with Gasteiger partial charge in [-0.25, -0.2) is 0 Å². The lowest BCUT2D eigenvalue weighted by Crippen LogP contribution is -1.97. The Morgan fingerprint density at radius 3 is 2.11 bits per heavy atom. The molecule has 2 aromatic rings. The molecule has 2 heteroatoms. The number of hydrogen-bond acceptors (Lipinski definition) is 1. The maximum Gasteiger partial charge on any atom is 0.102 e. The first-order chi connectivity index (χ1) is 8.81. The molecule has 0 N–H and O–H groups in total. The molecule has 0 saturated carbocycles. The molecule has 1 atom stereocenters. The highest BCUT2D eigenvalue weighted by molar-refractivity contribution is 9.15. The van der Waals surface area contributed by atoms with Crippen LogP contribution in [0.2, 0.25) is 0 Å². The lowest BCUT2D eigenvalue weighted by atomic mass is 10.1. The predicted molar refractivity (Wildman–Crippen MR) is 79.5 cm³/mol. The molecule has 18 heavy (non-hydrogen) atoms. The summed E-state index contributed by atoms with van der Waals surface area (Å²) < 4.78 is 6.56. The molecule has 1 nitrogen and oxygen atoms in total. The van der Waals surface area contributed by atoms with Crippen molar-refractivity contribution in [2.75, 3.05) is 7.11 Å². The summed E-state index contributed by atoms with van der Waals surface area (Å²) in [6.45, 7) is 0. The van der Waals surface area contributed by atoms with Crippen LogP contribution in [0.15, 0.2) is 66.7 Å². The van der Waals surface area contributed by atoms with Gasteiger partial charge >= 0.3 is 0 Å². The Bertz CT molecular complexity index is 505. The number of ether oxygens (including phenoxy) is 1. The fourth-order valence-electron chi connectivity index (χ4n) is 1.77. The second-order valence-corrected chi connectivity index (χ2v) is 4.80. The fourth-order valence-corrected chi connectivity index (χ4v) is 2.27. The summed E-state index contributed by atoms with van der Waals surface area (Å²) in [7, 11) is 1.72. The largest absolute Gasteiger partial charge is 0.373 e. The number of halogens is 1. The van der Waals surface area contributed by atoms with E-state index in [4.69, 9.17) is 4.74 Å². The third-order valence-corrected chi connectivity index (χ3v) is 3.45. The number of benzene rings is 2. The van der Waals surface area contributed by atoms with Gasteiger partial charge in [-0.15, -0.1) is 0 Å². The smallest absolute Gasteiger partial charge is 0.102 e. The highest BCUT2D eigenvalue weighted by Crippen LogP contribution is 2.27. The molecule has 2 rings (SSSR count). The minimum Gasteiger partial charge on any atom is -0.373 e. The van der Waals surface area contributed by atoms with Crippen LogP contribution in [0.4, 0.5) is 0 Å². The van der Waals surface area contributed by atoms with Gasteiger partial charge in [0.05, 0.1) is 0 Å². The van der Waals surface area contributed by atoms with E-state index in [1.165, 1.54) is 0 Å². The van der Waals surface area contributed by atoms with Crippen LogP contribution >= 0.6 is 15.9 Å². The molecule has 0 aliphatic heterocycles. The van der Waals surface area contributed by atoms with Crippen molar-refractivity contribution in [2.45, 2.75) is 6.10 Å². The maximum absolute atomic E-state index is 5.52. The lowest BCUT2D eigenvalue weighted by molar-refractivity contribution is 0.143. The minimum atomic E-state index is -0.0409. The molecular weight excluding hydrogens is 288 g/mol. The summed E-state index contributed by atoms with van der Waals surface area (Å²) in [5.74, 6) is 0. The number of methoxy groups -OCH3 is 1. The zero-order chi connectivity index (χ0) is 12.8. The maximum atomic E-state index is 5.52. The normalized spacial score (nSPS) is 13.3. The van der Waals surface area contributed by atoms with Crippen LogP contribution in [-0.4, -0.2) is 7.11 Å². The van der Waals surface area contributed by atoms with Crippen molar-refractivity contribution < 1.29 is 4.74 Å². The van der Waals surface area contributed by atoms with Crippen LogP contribution < -0.4 is 0 Å². The third-order valence-electron chi connectivity index (χ3n) is 2.73. The Morgan fingerprint density at radius 1 is 1.00 bits per heavy atom. The molecule has 2 aromatic carbocycles. The third kappa shape index (κ3) is 3.31. The summed E-state index contributed by atoms with van der Waals surface area (Å²) >= 11 is 3.61. The average molecular weight is 303 g/mol. The fraction of sp³-hybridized carbons (Fsp3) is 0.125. The van der Waals surface area contributed by atoms with Crippen LogP contribution in [-0.2, 0) is 4.74 Å².